The molecule has 0 heterocycles. The summed E-state index contributed by atoms with van der Waals surface area (Å²) in [7, 11) is 0. The van der Waals surface area contributed by atoms with E-state index < -0.39 is 0 Å². The summed E-state index contributed by atoms with van der Waals surface area (Å²) in [5.41, 5.74) is 0. The van der Waals surface area contributed by atoms with E-state index in [9.17, 15) is 30.6 Å². The molecule has 0 spiro atoms. The molecule has 6 nitrogen and oxygen atoms in total. The molecule has 156 valence electrons. The van der Waals surface area contributed by atoms with Crippen LogP contribution >= 0.6 is 0 Å². The SMILES string of the molecule is CCC[O-].CCC[O-].CCC[O-].CCC[O-].CCC[O-].CCC[O-].[La+3].[Pr+3]. The van der Waals surface area contributed by atoms with E-state index in [1.165, 1.54) is 0 Å². The standard InChI is InChI=1S/6C3H7O.La.Pr/c6*1-2-3-4;;/h6*2-3H2,1H3;;/q6*-1;2*+3. The van der Waals surface area contributed by atoms with Crippen molar-refractivity contribution < 1.29 is 108 Å². The minimum absolute atomic E-state index is 0. The van der Waals surface area contributed by atoms with Crippen LogP contribution in [0.3, 0.4) is 0 Å². The Bertz CT molecular complexity index is 74.7. The average Bonchev–Trinajstić information content (AvgIpc) is 2.68. The fourth-order valence-corrected chi connectivity index (χ4v) is 0. The summed E-state index contributed by atoms with van der Waals surface area (Å²) in [6.07, 6.45) is 4.58. The molecule has 0 N–H and O–H groups in total. The Labute approximate surface area is 224 Å². The quantitative estimate of drug-likeness (QED) is 0.350. The first-order valence-electron chi connectivity index (χ1n) is 8.97. The molecule has 0 radical (unpaired) electrons. The largest absolute Gasteiger partial charge is 3.00 e. The van der Waals surface area contributed by atoms with Crippen LogP contribution in [0, 0.1) is 76.9 Å². The van der Waals surface area contributed by atoms with Crippen molar-refractivity contribution >= 4 is 0 Å². The molecule has 0 aliphatic rings. The van der Waals surface area contributed by atoms with Gasteiger partial charge in [-0.1, -0.05) is 80.1 Å². The van der Waals surface area contributed by atoms with Crippen LogP contribution < -0.4 is 30.6 Å². The fraction of sp³-hybridized carbons (Fsp3) is 1.00. The van der Waals surface area contributed by atoms with Gasteiger partial charge in [-0.05, 0) is 0 Å². The number of hydrogen-bond donors (Lipinski definition) is 0. The molecule has 0 aliphatic heterocycles. The van der Waals surface area contributed by atoms with Gasteiger partial charge in [0, 0.05) is 0 Å². The minimum Gasteiger partial charge on any atom is -0.854 e. The first kappa shape index (κ1) is 51.2. The van der Waals surface area contributed by atoms with Crippen molar-refractivity contribution in [3.63, 3.8) is 0 Å². The van der Waals surface area contributed by atoms with Gasteiger partial charge in [0.05, 0.1) is 0 Å². The van der Waals surface area contributed by atoms with Gasteiger partial charge >= 0.3 is 76.9 Å². The third-order valence-electron chi connectivity index (χ3n) is 1.22. The van der Waals surface area contributed by atoms with Crippen LogP contribution in [0.2, 0.25) is 0 Å². The van der Waals surface area contributed by atoms with Gasteiger partial charge in [-0.15, -0.1) is 39.6 Å². The topological polar surface area (TPSA) is 138 Å². The average molecular weight is 634 g/mol. The smallest absolute Gasteiger partial charge is 0.854 e. The van der Waals surface area contributed by atoms with Gasteiger partial charge in [0.1, 0.15) is 0 Å². The molecule has 0 fully saturated rings. The van der Waals surface area contributed by atoms with Crippen LogP contribution in [0.25, 0.3) is 0 Å². The van der Waals surface area contributed by atoms with E-state index >= 15 is 0 Å². The van der Waals surface area contributed by atoms with Crippen LogP contribution in [0.5, 0.6) is 0 Å². The molecule has 0 bridgehead atoms. The summed E-state index contributed by atoms with van der Waals surface area (Å²) in [6.45, 7) is 11.6. The molecule has 0 unspecified atom stereocenters. The molecule has 0 aliphatic carbocycles. The first-order chi connectivity index (χ1) is 11.5. The third-order valence-corrected chi connectivity index (χ3v) is 1.22. The van der Waals surface area contributed by atoms with Crippen LogP contribution in [0.1, 0.15) is 80.1 Å². The fourth-order valence-electron chi connectivity index (χ4n) is 0. The second-order valence-corrected chi connectivity index (χ2v) is 4.22. The van der Waals surface area contributed by atoms with Crippen molar-refractivity contribution in [2.75, 3.05) is 39.6 Å². The zero-order valence-electron chi connectivity index (χ0n) is 18.1. The Balaban J connectivity index is -0.0000000245. The second kappa shape index (κ2) is 92.3. The second-order valence-electron chi connectivity index (χ2n) is 4.22. The van der Waals surface area contributed by atoms with E-state index in [2.05, 4.69) is 0 Å². The van der Waals surface area contributed by atoms with E-state index in [4.69, 9.17) is 0 Å². The van der Waals surface area contributed by atoms with Crippen molar-refractivity contribution in [2.45, 2.75) is 80.1 Å². The molecular formula is C18H42LaO6Pr. The van der Waals surface area contributed by atoms with Crippen LogP contribution in [-0.4, -0.2) is 39.6 Å². The van der Waals surface area contributed by atoms with Crippen molar-refractivity contribution in [3.8, 4) is 0 Å². The summed E-state index contributed by atoms with van der Waals surface area (Å²) in [5, 5.41) is 55.8. The van der Waals surface area contributed by atoms with Gasteiger partial charge < -0.3 is 30.6 Å². The molecule has 0 saturated heterocycles. The molecule has 0 rings (SSSR count). The summed E-state index contributed by atoms with van der Waals surface area (Å²) in [5.74, 6) is 0. The maximum absolute atomic E-state index is 9.30. The summed E-state index contributed by atoms with van der Waals surface area (Å²) < 4.78 is 0. The van der Waals surface area contributed by atoms with E-state index in [0.29, 0.717) is 0 Å². The Hall–Kier alpha value is 2.32. The van der Waals surface area contributed by atoms with Gasteiger partial charge in [-0.25, -0.2) is 0 Å². The summed E-state index contributed by atoms with van der Waals surface area (Å²) in [6, 6.07) is 0. The molecule has 26 heavy (non-hydrogen) atoms. The van der Waals surface area contributed by atoms with Gasteiger partial charge in [-0.2, -0.15) is 0 Å². The summed E-state index contributed by atoms with van der Waals surface area (Å²) in [4.78, 5) is 0. The predicted octanol–water partition coefficient (Wildman–Crippen LogP) is -1.46. The van der Waals surface area contributed by atoms with E-state index in [-0.39, 0.29) is 117 Å². The third kappa shape index (κ3) is 244. The van der Waals surface area contributed by atoms with Gasteiger partial charge in [0.2, 0.25) is 0 Å². The zero-order chi connectivity index (χ0) is 20.5. The Morgan fingerprint density at radius 1 is 0.346 bits per heavy atom. The maximum atomic E-state index is 9.30. The van der Waals surface area contributed by atoms with Gasteiger partial charge in [-0.3, -0.25) is 0 Å². The zero-order valence-corrected chi connectivity index (χ0v) is 25.4. The van der Waals surface area contributed by atoms with Crippen LogP contribution in [-0.2, 0) is 0 Å². The molecule has 0 aromatic rings. The van der Waals surface area contributed by atoms with Crippen molar-refractivity contribution in [2.24, 2.45) is 0 Å². The Morgan fingerprint density at radius 2 is 0.385 bits per heavy atom. The predicted molar refractivity (Wildman–Crippen MR) is 90.9 cm³/mol. The number of hydrogen-bond acceptors (Lipinski definition) is 6. The van der Waals surface area contributed by atoms with Gasteiger partial charge in [0.15, 0.2) is 0 Å². The number of rotatable bonds is 6. The van der Waals surface area contributed by atoms with Crippen molar-refractivity contribution in [1.29, 1.82) is 0 Å². The minimum atomic E-state index is 0. The normalized spacial score (nSPS) is 6.92. The Morgan fingerprint density at radius 3 is 0.385 bits per heavy atom. The Kier molecular flexibility index (Phi) is 182. The van der Waals surface area contributed by atoms with Crippen molar-refractivity contribution in [1.82, 2.24) is 0 Å². The van der Waals surface area contributed by atoms with Crippen molar-refractivity contribution in [3.05, 3.63) is 0 Å². The molecule has 0 amide bonds. The maximum Gasteiger partial charge on any atom is 3.00 e. The van der Waals surface area contributed by atoms with Crippen LogP contribution in [0.15, 0.2) is 0 Å². The van der Waals surface area contributed by atoms with Gasteiger partial charge in [0.25, 0.3) is 0 Å². The van der Waals surface area contributed by atoms with Crippen LogP contribution in [0.4, 0.5) is 0 Å². The molecule has 8 heteroatoms. The molecule has 0 atom stereocenters. The monoisotopic (exact) mass is 634 g/mol. The van der Waals surface area contributed by atoms with E-state index in [1.54, 1.807) is 0 Å². The van der Waals surface area contributed by atoms with E-state index in [1.807, 2.05) is 41.5 Å². The first-order valence-corrected chi connectivity index (χ1v) is 8.97. The van der Waals surface area contributed by atoms with E-state index in [0.717, 1.165) is 38.5 Å². The molecule has 0 aromatic heterocycles. The summed E-state index contributed by atoms with van der Waals surface area (Å²) >= 11 is 0. The molecule has 0 aromatic carbocycles. The molecule has 0 saturated carbocycles. The molecular weight excluding hydrogens is 592 g/mol.